The number of nitrogens with zero attached hydrogens (tertiary/aromatic N) is 2. The summed E-state index contributed by atoms with van der Waals surface area (Å²) < 4.78 is 39.2. The molecule has 0 unspecified atom stereocenters. The fourth-order valence-corrected chi connectivity index (χ4v) is 5.86. The molecule has 1 aliphatic carbocycles. The number of likely N-dealkylation sites (tertiary alicyclic amines) is 1. The Morgan fingerprint density at radius 3 is 2.44 bits per heavy atom. The first kappa shape index (κ1) is 29.9. The van der Waals surface area contributed by atoms with E-state index in [0.717, 1.165) is 0 Å². The standard InChI is InChI=1S/C26H30F3N5O4.H2O/c1-25(2)17-13-34(20(19(17)25)22(36)32-16(12-30)11-15-8-9-31-21(15)35)23(37)18(33-24(38)26(27,28)29)10-14-6-4-3-5-7-14;/h3-7,15-20H,8-11,13H2,1-2H3,(H,31,35)(H,32,36)(H,33,38);1H2/t15-,16-,17-,18-,19-,20-;/m0./s1. The molecule has 13 heteroatoms. The summed E-state index contributed by atoms with van der Waals surface area (Å²) in [6.45, 7) is 4.53. The first-order valence-corrected chi connectivity index (χ1v) is 12.5. The van der Waals surface area contributed by atoms with Crippen LogP contribution in [0.4, 0.5) is 13.2 Å². The number of carbonyl (C=O) groups is 4. The highest BCUT2D eigenvalue weighted by Crippen LogP contribution is 2.64. The van der Waals surface area contributed by atoms with Gasteiger partial charge in [0.2, 0.25) is 17.7 Å². The van der Waals surface area contributed by atoms with Crippen molar-refractivity contribution in [3.05, 3.63) is 35.9 Å². The van der Waals surface area contributed by atoms with Crippen molar-refractivity contribution in [3.8, 4) is 6.07 Å². The zero-order valence-corrected chi connectivity index (χ0v) is 21.5. The smallest absolute Gasteiger partial charge is 0.412 e. The predicted octanol–water partition coefficient (Wildman–Crippen LogP) is 0.469. The molecule has 0 spiro atoms. The molecular weight excluding hydrogens is 519 g/mol. The molecule has 2 aliphatic heterocycles. The van der Waals surface area contributed by atoms with E-state index in [0.29, 0.717) is 18.5 Å². The second kappa shape index (κ2) is 11.2. The van der Waals surface area contributed by atoms with E-state index in [9.17, 15) is 37.6 Å². The maximum Gasteiger partial charge on any atom is 0.471 e. The Morgan fingerprint density at radius 1 is 1.21 bits per heavy atom. The molecule has 6 atom stereocenters. The molecule has 0 bridgehead atoms. The van der Waals surface area contributed by atoms with Crippen LogP contribution in [0, 0.1) is 34.5 Å². The number of hydrogen-bond acceptors (Lipinski definition) is 5. The van der Waals surface area contributed by atoms with Gasteiger partial charge in [0.05, 0.1) is 6.07 Å². The normalized spacial score (nSPS) is 26.3. The first-order valence-electron chi connectivity index (χ1n) is 12.5. The van der Waals surface area contributed by atoms with Crippen molar-refractivity contribution in [1.29, 1.82) is 5.26 Å². The summed E-state index contributed by atoms with van der Waals surface area (Å²) in [5, 5.41) is 16.8. The summed E-state index contributed by atoms with van der Waals surface area (Å²) in [7, 11) is 0. The van der Waals surface area contributed by atoms with Gasteiger partial charge in [-0.15, -0.1) is 0 Å². The van der Waals surface area contributed by atoms with Crippen LogP contribution in [0.25, 0.3) is 0 Å². The molecule has 212 valence electrons. The maximum absolute atomic E-state index is 13.6. The lowest BCUT2D eigenvalue weighted by atomic mass is 9.96. The van der Waals surface area contributed by atoms with Crippen molar-refractivity contribution in [2.75, 3.05) is 13.1 Å². The van der Waals surface area contributed by atoms with E-state index in [1.54, 1.807) is 30.3 Å². The first-order chi connectivity index (χ1) is 17.8. The number of halogens is 3. The van der Waals surface area contributed by atoms with Crippen molar-refractivity contribution in [1.82, 2.24) is 20.9 Å². The van der Waals surface area contributed by atoms with Crippen molar-refractivity contribution >= 4 is 23.6 Å². The van der Waals surface area contributed by atoms with E-state index in [1.807, 2.05) is 25.2 Å². The summed E-state index contributed by atoms with van der Waals surface area (Å²) in [4.78, 5) is 52.0. The van der Waals surface area contributed by atoms with Gasteiger partial charge >= 0.3 is 12.1 Å². The van der Waals surface area contributed by atoms with E-state index < -0.39 is 47.9 Å². The third-order valence-corrected chi connectivity index (χ3v) is 8.06. The number of alkyl halides is 3. The summed E-state index contributed by atoms with van der Waals surface area (Å²) in [6, 6.07) is 6.77. The van der Waals surface area contributed by atoms with E-state index in [1.165, 1.54) is 4.90 Å². The number of fused-ring (bicyclic) bond motifs is 1. The highest BCUT2D eigenvalue weighted by atomic mass is 19.4. The van der Waals surface area contributed by atoms with Crippen LogP contribution < -0.4 is 16.0 Å². The molecule has 1 aromatic rings. The molecule has 4 rings (SSSR count). The Bertz CT molecular complexity index is 1150. The molecule has 5 N–H and O–H groups in total. The number of carbonyl (C=O) groups excluding carboxylic acids is 4. The molecule has 3 aliphatic rings. The quantitative estimate of drug-likeness (QED) is 0.427. The molecule has 0 radical (unpaired) electrons. The van der Waals surface area contributed by atoms with Gasteiger partial charge in [-0.3, -0.25) is 19.2 Å². The summed E-state index contributed by atoms with van der Waals surface area (Å²) >= 11 is 0. The molecule has 1 aromatic carbocycles. The van der Waals surface area contributed by atoms with Crippen LogP contribution >= 0.6 is 0 Å². The number of benzene rings is 1. The summed E-state index contributed by atoms with van der Waals surface area (Å²) in [6.07, 6.45) is -4.72. The Kier molecular flexibility index (Phi) is 8.60. The lowest BCUT2D eigenvalue weighted by molar-refractivity contribution is -0.175. The number of piperidine rings is 1. The van der Waals surface area contributed by atoms with Crippen molar-refractivity contribution in [2.45, 2.75) is 57.4 Å². The van der Waals surface area contributed by atoms with Gasteiger partial charge in [0.25, 0.3) is 0 Å². The lowest BCUT2D eigenvalue weighted by Gasteiger charge is -2.33. The van der Waals surface area contributed by atoms with Gasteiger partial charge in [-0.05, 0) is 35.7 Å². The average molecular weight is 552 g/mol. The fourth-order valence-electron chi connectivity index (χ4n) is 5.86. The second-order valence-corrected chi connectivity index (χ2v) is 10.8. The topological polar surface area (TPSA) is 163 Å². The zero-order chi connectivity index (χ0) is 27.8. The van der Waals surface area contributed by atoms with Crippen LogP contribution in [0.1, 0.15) is 32.3 Å². The Hall–Kier alpha value is -3.66. The molecule has 2 heterocycles. The highest BCUT2D eigenvalue weighted by Gasteiger charge is 2.69. The molecule has 1 saturated carbocycles. The maximum atomic E-state index is 13.6. The number of rotatable bonds is 8. The minimum Gasteiger partial charge on any atom is -0.412 e. The largest absolute Gasteiger partial charge is 0.471 e. The van der Waals surface area contributed by atoms with Gasteiger partial charge in [-0.2, -0.15) is 18.4 Å². The van der Waals surface area contributed by atoms with E-state index >= 15 is 0 Å². The molecule has 2 saturated heterocycles. The van der Waals surface area contributed by atoms with Gasteiger partial charge in [-0.25, -0.2) is 0 Å². The Morgan fingerprint density at radius 2 is 1.87 bits per heavy atom. The van der Waals surface area contributed by atoms with Gasteiger partial charge in [-0.1, -0.05) is 44.2 Å². The molecule has 39 heavy (non-hydrogen) atoms. The fraction of sp³-hybridized carbons (Fsp3) is 0.577. The Balaban J connectivity index is 0.00000420. The van der Waals surface area contributed by atoms with E-state index in [-0.39, 0.29) is 48.0 Å². The number of amides is 4. The van der Waals surface area contributed by atoms with Crippen LogP contribution in [-0.4, -0.2) is 71.4 Å². The van der Waals surface area contributed by atoms with Crippen LogP contribution in [0.2, 0.25) is 0 Å². The highest BCUT2D eigenvalue weighted by molar-refractivity contribution is 5.94. The molecule has 4 amide bonds. The summed E-state index contributed by atoms with van der Waals surface area (Å²) in [5.74, 6) is -4.55. The van der Waals surface area contributed by atoms with Crippen molar-refractivity contribution < 1.29 is 37.8 Å². The van der Waals surface area contributed by atoms with Crippen LogP contribution in [0.3, 0.4) is 0 Å². The SMILES string of the molecule is CC1(C)[C@@H]2[C@@H](C(=O)N[C@H](C#N)C[C@@H]3CCNC3=O)N(C(=O)[C@H](Cc3ccccc3)NC(=O)C(F)(F)F)C[C@@H]21.O. The molecule has 0 aromatic heterocycles. The minimum absolute atomic E-state index is 0. The van der Waals surface area contributed by atoms with Crippen LogP contribution in [0.15, 0.2) is 30.3 Å². The van der Waals surface area contributed by atoms with E-state index in [2.05, 4.69) is 10.6 Å². The van der Waals surface area contributed by atoms with Gasteiger partial charge in [0.15, 0.2) is 0 Å². The molecule has 10 nitrogen and oxygen atoms in total. The third kappa shape index (κ3) is 6.16. The van der Waals surface area contributed by atoms with Crippen molar-refractivity contribution in [3.63, 3.8) is 0 Å². The molecule has 3 fully saturated rings. The van der Waals surface area contributed by atoms with Crippen LogP contribution in [-0.2, 0) is 25.6 Å². The average Bonchev–Trinajstić information content (AvgIpc) is 3.21. The van der Waals surface area contributed by atoms with Gasteiger partial charge < -0.3 is 26.3 Å². The zero-order valence-electron chi connectivity index (χ0n) is 21.5. The minimum atomic E-state index is -5.19. The predicted molar refractivity (Wildman–Crippen MR) is 131 cm³/mol. The second-order valence-electron chi connectivity index (χ2n) is 10.8. The number of nitrogens with one attached hydrogen (secondary N) is 3. The molecular formula is C26H32F3N5O5. The Labute approximate surface area is 223 Å². The number of nitriles is 1. The lowest BCUT2D eigenvalue weighted by Crippen LogP contribution is -2.58. The van der Waals surface area contributed by atoms with Crippen molar-refractivity contribution in [2.24, 2.45) is 23.2 Å². The summed E-state index contributed by atoms with van der Waals surface area (Å²) in [5.41, 5.74) is 0.259. The van der Waals surface area contributed by atoms with E-state index in [4.69, 9.17) is 0 Å². The van der Waals surface area contributed by atoms with Gasteiger partial charge in [0, 0.05) is 25.4 Å². The van der Waals surface area contributed by atoms with Crippen LogP contribution in [0.5, 0.6) is 0 Å². The third-order valence-electron chi connectivity index (χ3n) is 8.06. The van der Waals surface area contributed by atoms with Gasteiger partial charge in [0.1, 0.15) is 18.1 Å². The number of hydrogen-bond donors (Lipinski definition) is 3. The monoisotopic (exact) mass is 551 g/mol.